The number of fused-ring (bicyclic) bond motifs is 4. The summed E-state index contributed by atoms with van der Waals surface area (Å²) < 4.78 is 13.3. The summed E-state index contributed by atoms with van der Waals surface area (Å²) in [5.41, 5.74) is 0.966. The Labute approximate surface area is 149 Å². The monoisotopic (exact) mass is 355 g/mol. The molecule has 0 spiro atoms. The maximum absolute atomic E-state index is 13.3. The molecule has 7 heteroatoms. The van der Waals surface area contributed by atoms with Crippen LogP contribution in [0, 0.1) is 35.4 Å². The largest absolute Gasteiger partial charge is 0.481 e. The van der Waals surface area contributed by atoms with Gasteiger partial charge in [0, 0.05) is 23.5 Å². The van der Waals surface area contributed by atoms with Crippen molar-refractivity contribution in [3.63, 3.8) is 0 Å². The lowest BCUT2D eigenvalue weighted by Gasteiger charge is -2.46. The number of carbonyl (C=O) groups excluding carboxylic acids is 1. The van der Waals surface area contributed by atoms with E-state index in [4.69, 9.17) is 0 Å². The van der Waals surface area contributed by atoms with Gasteiger partial charge in [0.1, 0.15) is 11.5 Å². The van der Waals surface area contributed by atoms with Crippen molar-refractivity contribution >= 4 is 22.9 Å². The summed E-state index contributed by atoms with van der Waals surface area (Å²) >= 11 is 0. The highest BCUT2D eigenvalue weighted by atomic mass is 19.1. The van der Waals surface area contributed by atoms with E-state index in [-0.39, 0.29) is 17.9 Å². The molecule has 0 aromatic carbocycles. The molecule has 0 aliphatic heterocycles. The molecule has 26 heavy (non-hydrogen) atoms. The maximum atomic E-state index is 13.3. The van der Waals surface area contributed by atoms with Crippen molar-refractivity contribution in [1.82, 2.24) is 15.3 Å². The molecule has 2 aromatic heterocycles. The SMILES string of the molecule is O=C(C#Cc1c[nH]c2ncc(F)cc12)N[C@H]1[C@H]2CC[C@H](CC2)[C@@H]1C(=O)O. The van der Waals surface area contributed by atoms with Crippen LogP contribution in [0.2, 0.25) is 0 Å². The van der Waals surface area contributed by atoms with Crippen molar-refractivity contribution in [2.45, 2.75) is 31.7 Å². The number of aromatic nitrogens is 2. The molecule has 2 heterocycles. The standard InChI is InChI=1S/C19H18FN3O3/c20-13-7-14-12(8-21-18(14)22-9-13)5-6-15(24)23-17-11-3-1-10(2-4-11)16(17)19(25)26/h7-11,16-17H,1-4H2,(H,21,22)(H,23,24)(H,25,26)/t10-,11+,16-,17-/m0/s1. The van der Waals surface area contributed by atoms with E-state index in [0.717, 1.165) is 31.9 Å². The Hall–Kier alpha value is -2.88. The smallest absolute Gasteiger partial charge is 0.308 e. The first-order valence-electron chi connectivity index (χ1n) is 8.71. The molecule has 3 N–H and O–H groups in total. The molecule has 0 unspecified atom stereocenters. The second-order valence-electron chi connectivity index (χ2n) is 7.04. The van der Waals surface area contributed by atoms with Gasteiger partial charge in [0.2, 0.25) is 0 Å². The summed E-state index contributed by atoms with van der Waals surface area (Å²) in [6, 6.07) is 0.935. The topological polar surface area (TPSA) is 95.1 Å². The fraction of sp³-hybridized carbons (Fsp3) is 0.421. The predicted octanol–water partition coefficient (Wildman–Crippen LogP) is 2.06. The lowest BCUT2D eigenvalue weighted by atomic mass is 9.61. The second kappa shape index (κ2) is 6.45. The van der Waals surface area contributed by atoms with E-state index in [2.05, 4.69) is 27.1 Å². The lowest BCUT2D eigenvalue weighted by Crippen LogP contribution is -2.55. The van der Waals surface area contributed by atoms with Gasteiger partial charge in [-0.3, -0.25) is 9.59 Å². The van der Waals surface area contributed by atoms with E-state index in [1.54, 1.807) is 6.20 Å². The van der Waals surface area contributed by atoms with E-state index in [1.807, 2.05) is 0 Å². The van der Waals surface area contributed by atoms with Crippen LogP contribution in [0.3, 0.4) is 0 Å². The molecular weight excluding hydrogens is 337 g/mol. The quantitative estimate of drug-likeness (QED) is 0.719. The highest BCUT2D eigenvalue weighted by Gasteiger charge is 2.47. The molecule has 5 rings (SSSR count). The van der Waals surface area contributed by atoms with Crippen molar-refractivity contribution in [2.75, 3.05) is 0 Å². The second-order valence-corrected chi connectivity index (χ2v) is 7.04. The van der Waals surface area contributed by atoms with Gasteiger partial charge in [-0.2, -0.15) is 0 Å². The van der Waals surface area contributed by atoms with Gasteiger partial charge < -0.3 is 15.4 Å². The third-order valence-corrected chi connectivity index (χ3v) is 5.61. The summed E-state index contributed by atoms with van der Waals surface area (Å²) in [5.74, 6) is 3.16. The zero-order chi connectivity index (χ0) is 18.3. The fourth-order valence-electron chi connectivity index (χ4n) is 4.41. The van der Waals surface area contributed by atoms with Crippen LogP contribution in [0.25, 0.3) is 11.0 Å². The summed E-state index contributed by atoms with van der Waals surface area (Å²) in [6.45, 7) is 0. The Morgan fingerprint density at radius 1 is 1.27 bits per heavy atom. The minimum atomic E-state index is -0.851. The van der Waals surface area contributed by atoms with E-state index < -0.39 is 23.6 Å². The van der Waals surface area contributed by atoms with E-state index in [0.29, 0.717) is 16.6 Å². The molecule has 3 fully saturated rings. The summed E-state index contributed by atoms with van der Waals surface area (Å²) in [5, 5.41) is 12.8. The van der Waals surface area contributed by atoms with Gasteiger partial charge in [-0.15, -0.1) is 0 Å². The number of aromatic amines is 1. The molecule has 3 aliphatic carbocycles. The fourth-order valence-corrected chi connectivity index (χ4v) is 4.41. The first kappa shape index (κ1) is 16.6. The van der Waals surface area contributed by atoms with Crippen LogP contribution in [0.5, 0.6) is 0 Å². The van der Waals surface area contributed by atoms with E-state index in [1.165, 1.54) is 6.07 Å². The van der Waals surface area contributed by atoms with Crippen molar-refractivity contribution in [2.24, 2.45) is 17.8 Å². The van der Waals surface area contributed by atoms with Gasteiger partial charge in [0.05, 0.1) is 17.7 Å². The average Bonchev–Trinajstić information content (AvgIpc) is 3.02. The van der Waals surface area contributed by atoms with Crippen LogP contribution in [-0.2, 0) is 9.59 Å². The zero-order valence-electron chi connectivity index (χ0n) is 14.0. The average molecular weight is 355 g/mol. The number of halogens is 1. The summed E-state index contributed by atoms with van der Waals surface area (Å²) in [7, 11) is 0. The van der Waals surface area contributed by atoms with Gasteiger partial charge in [-0.25, -0.2) is 9.37 Å². The number of H-pyrrole nitrogens is 1. The number of carbonyl (C=O) groups is 2. The van der Waals surface area contributed by atoms with Gasteiger partial charge in [-0.1, -0.05) is 5.92 Å². The van der Waals surface area contributed by atoms with Crippen LogP contribution in [-0.4, -0.2) is 33.0 Å². The third kappa shape index (κ3) is 2.92. The van der Waals surface area contributed by atoms with Gasteiger partial charge in [0.25, 0.3) is 5.91 Å². The van der Waals surface area contributed by atoms with E-state index >= 15 is 0 Å². The lowest BCUT2D eigenvalue weighted by molar-refractivity contribution is -0.150. The molecular formula is C19H18FN3O3. The molecule has 2 aromatic rings. The molecule has 134 valence electrons. The number of carboxylic acid groups (broad SMARTS) is 1. The first-order chi connectivity index (χ1) is 12.5. The Morgan fingerprint density at radius 2 is 2.00 bits per heavy atom. The van der Waals surface area contributed by atoms with Crippen LogP contribution in [0.15, 0.2) is 18.5 Å². The highest BCUT2D eigenvalue weighted by molar-refractivity contribution is 5.96. The minimum absolute atomic E-state index is 0.124. The van der Waals surface area contributed by atoms with Crippen LogP contribution < -0.4 is 5.32 Å². The Bertz CT molecular complexity index is 934. The molecule has 0 radical (unpaired) electrons. The van der Waals surface area contributed by atoms with Crippen molar-refractivity contribution < 1.29 is 19.1 Å². The molecule has 2 atom stereocenters. The first-order valence-corrected chi connectivity index (χ1v) is 8.71. The van der Waals surface area contributed by atoms with Crippen molar-refractivity contribution in [3.8, 4) is 11.8 Å². The maximum Gasteiger partial charge on any atom is 0.308 e. The Morgan fingerprint density at radius 3 is 2.73 bits per heavy atom. The molecule has 1 amide bonds. The number of pyridine rings is 1. The predicted molar refractivity (Wildman–Crippen MR) is 91.4 cm³/mol. The minimum Gasteiger partial charge on any atom is -0.481 e. The third-order valence-electron chi connectivity index (χ3n) is 5.61. The van der Waals surface area contributed by atoms with Crippen molar-refractivity contribution in [1.29, 1.82) is 0 Å². The highest BCUT2D eigenvalue weighted by Crippen LogP contribution is 2.45. The summed E-state index contributed by atoms with van der Waals surface area (Å²) in [4.78, 5) is 30.7. The Kier molecular flexibility index (Phi) is 4.11. The number of amides is 1. The number of rotatable bonds is 2. The molecule has 3 aliphatic rings. The number of aliphatic carboxylic acids is 1. The molecule has 2 bridgehead atoms. The van der Waals surface area contributed by atoms with Gasteiger partial charge in [0.15, 0.2) is 0 Å². The molecule has 0 saturated heterocycles. The molecule has 6 nitrogen and oxygen atoms in total. The number of nitrogens with zero attached hydrogens (tertiary/aromatic N) is 1. The van der Waals surface area contributed by atoms with Gasteiger partial charge in [-0.05, 0) is 43.6 Å². The van der Waals surface area contributed by atoms with Crippen molar-refractivity contribution in [3.05, 3.63) is 29.8 Å². The van der Waals surface area contributed by atoms with E-state index in [9.17, 15) is 19.1 Å². The number of hydrogen-bond donors (Lipinski definition) is 3. The van der Waals surface area contributed by atoms with Crippen LogP contribution >= 0.6 is 0 Å². The number of nitrogens with one attached hydrogen (secondary N) is 2. The zero-order valence-corrected chi connectivity index (χ0v) is 14.0. The van der Waals surface area contributed by atoms with Crippen LogP contribution in [0.4, 0.5) is 4.39 Å². The summed E-state index contributed by atoms with van der Waals surface area (Å²) in [6.07, 6.45) is 6.38. The normalized spacial score (nSPS) is 27.0. The molecule has 3 saturated carbocycles. The number of carboxylic acids is 1. The van der Waals surface area contributed by atoms with Gasteiger partial charge >= 0.3 is 5.97 Å². The number of hydrogen-bond acceptors (Lipinski definition) is 3. The Balaban J connectivity index is 1.53. The van der Waals surface area contributed by atoms with Crippen LogP contribution in [0.1, 0.15) is 31.2 Å².